The molecule has 0 aliphatic carbocycles. The van der Waals surface area contributed by atoms with Crippen molar-refractivity contribution in [3.63, 3.8) is 0 Å². The fourth-order valence-electron chi connectivity index (χ4n) is 0.224. The topological polar surface area (TPSA) is 3.24 Å². The molecule has 0 heterocycles. The number of nitrogens with zero attached hydrogens (tertiary/aromatic N) is 1. The first-order valence-corrected chi connectivity index (χ1v) is 4.34. The van der Waals surface area contributed by atoms with Crippen LogP contribution in [0.5, 0.6) is 0 Å². The number of rotatable bonds is 2. The van der Waals surface area contributed by atoms with E-state index in [0.29, 0.717) is 13.1 Å². The highest BCUT2D eigenvalue weighted by Crippen LogP contribution is 2.11. The SMILES string of the molecule is CC(C)(C)CF.CCN(F)CC. The first-order valence-electron chi connectivity index (χ1n) is 4.34. The number of hydrogen-bond donors (Lipinski definition) is 0. The summed E-state index contributed by atoms with van der Waals surface area (Å²) in [7, 11) is 0. The van der Waals surface area contributed by atoms with Gasteiger partial charge in [-0.25, -0.2) is 0 Å². The van der Waals surface area contributed by atoms with Crippen molar-refractivity contribution in [3.8, 4) is 0 Å². The molecule has 3 heteroatoms. The predicted molar refractivity (Wildman–Crippen MR) is 49.5 cm³/mol. The Bertz CT molecular complexity index is 85.0. The molecule has 0 aromatic heterocycles. The molecule has 0 atom stereocenters. The number of halogens is 2. The van der Waals surface area contributed by atoms with Crippen LogP contribution in [0.2, 0.25) is 0 Å². The maximum Gasteiger partial charge on any atom is 0.0942 e. The minimum Gasteiger partial charge on any atom is -0.251 e. The van der Waals surface area contributed by atoms with Gasteiger partial charge in [0.1, 0.15) is 0 Å². The highest BCUT2D eigenvalue weighted by molar-refractivity contribution is 4.56. The van der Waals surface area contributed by atoms with Crippen molar-refractivity contribution in [3.05, 3.63) is 0 Å². The lowest BCUT2D eigenvalue weighted by molar-refractivity contribution is 0.0389. The molecule has 0 saturated carbocycles. The maximum atomic E-state index is 11.7. The van der Waals surface area contributed by atoms with E-state index < -0.39 is 0 Å². The summed E-state index contributed by atoms with van der Waals surface area (Å²) in [5.41, 5.74) is -0.125. The fourth-order valence-corrected chi connectivity index (χ4v) is 0.224. The summed E-state index contributed by atoms with van der Waals surface area (Å²) < 4.78 is 23.2. The Kier molecular flexibility index (Phi) is 8.93. The summed E-state index contributed by atoms with van der Waals surface area (Å²) in [6, 6.07) is 0. The zero-order valence-corrected chi connectivity index (χ0v) is 8.82. The van der Waals surface area contributed by atoms with Crippen LogP contribution in [0.25, 0.3) is 0 Å². The van der Waals surface area contributed by atoms with Gasteiger partial charge in [-0.05, 0) is 19.3 Å². The standard InChI is InChI=1S/C5H11F.C4H10FN/c1-5(2,3)4-6;1-3-6(5)4-2/h4H2,1-3H3;3-4H2,1-2H3. The molecule has 0 N–H and O–H groups in total. The molecule has 0 aliphatic rings. The summed E-state index contributed by atoms with van der Waals surface area (Å²) in [6.45, 7) is 9.93. The first kappa shape index (κ1) is 14.3. The molecule has 0 aromatic carbocycles. The highest BCUT2D eigenvalue weighted by atomic mass is 19.2. The minimum atomic E-state index is -0.229. The largest absolute Gasteiger partial charge is 0.251 e. The van der Waals surface area contributed by atoms with Crippen LogP contribution in [0.1, 0.15) is 34.6 Å². The van der Waals surface area contributed by atoms with Gasteiger partial charge in [0, 0.05) is 13.1 Å². The third-order valence-electron chi connectivity index (χ3n) is 1.09. The minimum absolute atomic E-state index is 0.125. The van der Waals surface area contributed by atoms with E-state index in [1.54, 1.807) is 13.8 Å². The second kappa shape index (κ2) is 7.47. The van der Waals surface area contributed by atoms with E-state index in [4.69, 9.17) is 0 Å². The molecule has 0 fully saturated rings. The van der Waals surface area contributed by atoms with Crippen LogP contribution in [-0.2, 0) is 0 Å². The lowest BCUT2D eigenvalue weighted by Gasteiger charge is -2.09. The van der Waals surface area contributed by atoms with Crippen molar-refractivity contribution in [2.75, 3.05) is 19.8 Å². The van der Waals surface area contributed by atoms with Crippen LogP contribution in [0.3, 0.4) is 0 Å². The molecular weight excluding hydrogens is 160 g/mol. The van der Waals surface area contributed by atoms with Crippen molar-refractivity contribution in [2.24, 2.45) is 5.41 Å². The van der Waals surface area contributed by atoms with Crippen molar-refractivity contribution in [1.29, 1.82) is 0 Å². The molecule has 0 aliphatic heterocycles. The molecule has 12 heavy (non-hydrogen) atoms. The van der Waals surface area contributed by atoms with Crippen LogP contribution >= 0.6 is 0 Å². The summed E-state index contributed by atoms with van der Waals surface area (Å²) in [5.74, 6) is 0. The highest BCUT2D eigenvalue weighted by Gasteiger charge is 2.06. The number of alkyl halides is 1. The van der Waals surface area contributed by atoms with Gasteiger partial charge in [-0.1, -0.05) is 20.8 Å². The fraction of sp³-hybridized carbons (Fsp3) is 1.00. The first-order chi connectivity index (χ1) is 5.37. The van der Waals surface area contributed by atoms with Gasteiger partial charge in [0.05, 0.1) is 6.67 Å². The van der Waals surface area contributed by atoms with Gasteiger partial charge >= 0.3 is 0 Å². The molecule has 0 amide bonds. The van der Waals surface area contributed by atoms with Gasteiger partial charge in [0.25, 0.3) is 0 Å². The molecule has 76 valence electrons. The van der Waals surface area contributed by atoms with E-state index in [1.807, 2.05) is 20.8 Å². The van der Waals surface area contributed by atoms with Crippen LogP contribution in [-0.4, -0.2) is 24.9 Å². The van der Waals surface area contributed by atoms with Crippen LogP contribution < -0.4 is 0 Å². The molecule has 0 rings (SSSR count). The van der Waals surface area contributed by atoms with Crippen LogP contribution in [0.15, 0.2) is 0 Å². The van der Waals surface area contributed by atoms with Crippen LogP contribution in [0.4, 0.5) is 8.87 Å². The Hall–Kier alpha value is -0.180. The third-order valence-corrected chi connectivity index (χ3v) is 1.09. The van der Waals surface area contributed by atoms with Crippen molar-refractivity contribution in [1.82, 2.24) is 5.12 Å². The second-order valence-electron chi connectivity index (χ2n) is 3.79. The molecule has 0 unspecified atom stereocenters. The quantitative estimate of drug-likeness (QED) is 0.591. The summed E-state index contributed by atoms with van der Waals surface area (Å²) in [5, 5.41) is 0.750. The van der Waals surface area contributed by atoms with E-state index in [-0.39, 0.29) is 12.1 Å². The lowest BCUT2D eigenvalue weighted by atomic mass is 10.00. The zero-order chi connectivity index (χ0) is 10.2. The Balaban J connectivity index is 0. The van der Waals surface area contributed by atoms with Gasteiger partial charge in [-0.3, -0.25) is 4.39 Å². The monoisotopic (exact) mass is 181 g/mol. The molecular formula is C9H21F2N. The summed E-state index contributed by atoms with van der Waals surface area (Å²) in [6.07, 6.45) is 0. The Morgan fingerprint density at radius 3 is 1.33 bits per heavy atom. The van der Waals surface area contributed by atoms with E-state index in [9.17, 15) is 8.87 Å². The van der Waals surface area contributed by atoms with Gasteiger partial charge < -0.3 is 0 Å². The van der Waals surface area contributed by atoms with E-state index in [0.717, 1.165) is 5.12 Å². The van der Waals surface area contributed by atoms with E-state index in [2.05, 4.69) is 0 Å². The average Bonchev–Trinajstić information content (AvgIpc) is 2.03. The maximum absolute atomic E-state index is 11.7. The zero-order valence-electron chi connectivity index (χ0n) is 8.82. The molecule has 0 saturated heterocycles. The van der Waals surface area contributed by atoms with Crippen molar-refractivity contribution >= 4 is 0 Å². The Morgan fingerprint density at radius 1 is 1.08 bits per heavy atom. The molecule has 1 nitrogen and oxygen atoms in total. The lowest BCUT2D eigenvalue weighted by Crippen LogP contribution is -2.10. The normalized spacial score (nSPS) is 11.0. The van der Waals surface area contributed by atoms with Crippen molar-refractivity contribution in [2.45, 2.75) is 34.6 Å². The van der Waals surface area contributed by atoms with E-state index in [1.165, 1.54) is 0 Å². The molecule has 0 aromatic rings. The van der Waals surface area contributed by atoms with Gasteiger partial charge in [-0.15, -0.1) is 9.60 Å². The molecule has 0 bridgehead atoms. The third kappa shape index (κ3) is 16.4. The second-order valence-corrected chi connectivity index (χ2v) is 3.79. The average molecular weight is 181 g/mol. The van der Waals surface area contributed by atoms with Gasteiger partial charge in [-0.2, -0.15) is 0 Å². The molecule has 0 spiro atoms. The van der Waals surface area contributed by atoms with Gasteiger partial charge in [0.15, 0.2) is 0 Å². The van der Waals surface area contributed by atoms with Gasteiger partial charge in [0.2, 0.25) is 0 Å². The smallest absolute Gasteiger partial charge is 0.0942 e. The Morgan fingerprint density at radius 2 is 1.33 bits per heavy atom. The van der Waals surface area contributed by atoms with E-state index >= 15 is 0 Å². The number of hydrogen-bond acceptors (Lipinski definition) is 1. The Labute approximate surface area is 74.7 Å². The molecule has 0 radical (unpaired) electrons. The van der Waals surface area contributed by atoms with Crippen LogP contribution in [0, 0.1) is 5.41 Å². The predicted octanol–water partition coefficient (Wildman–Crippen LogP) is 3.21. The summed E-state index contributed by atoms with van der Waals surface area (Å²) in [4.78, 5) is 0. The summed E-state index contributed by atoms with van der Waals surface area (Å²) >= 11 is 0. The van der Waals surface area contributed by atoms with Crippen molar-refractivity contribution < 1.29 is 8.87 Å².